The predicted molar refractivity (Wildman–Crippen MR) is 82.8 cm³/mol. The molecule has 1 N–H and O–H groups in total. The van der Waals surface area contributed by atoms with Crippen LogP contribution in [0, 0.1) is 5.92 Å². The number of aryl methyl sites for hydroxylation is 1. The normalized spacial score (nSPS) is 12.3. The van der Waals surface area contributed by atoms with Gasteiger partial charge in [0.15, 0.2) is 0 Å². The van der Waals surface area contributed by atoms with E-state index in [4.69, 9.17) is 9.15 Å². The minimum atomic E-state index is -0.536. The lowest BCUT2D eigenvalue weighted by atomic mass is 10.0. The summed E-state index contributed by atoms with van der Waals surface area (Å²) >= 11 is 0. The van der Waals surface area contributed by atoms with Crippen LogP contribution < -0.4 is 5.63 Å². The van der Waals surface area contributed by atoms with Gasteiger partial charge in [0.2, 0.25) is 0 Å². The molecule has 0 spiro atoms. The Balaban J connectivity index is 2.40. The number of hydrogen-bond acceptors (Lipinski definition) is 5. The number of carbonyl (C=O) groups is 1. The van der Waals surface area contributed by atoms with E-state index in [9.17, 15) is 14.7 Å². The molecule has 1 aromatic heterocycles. The zero-order valence-electron chi connectivity index (χ0n) is 13.0. The van der Waals surface area contributed by atoms with Crippen LogP contribution in [0.1, 0.15) is 38.3 Å². The Bertz CT molecular complexity index is 745. The van der Waals surface area contributed by atoms with E-state index >= 15 is 0 Å². The lowest BCUT2D eigenvalue weighted by Crippen LogP contribution is -2.14. The summed E-state index contributed by atoms with van der Waals surface area (Å²) in [5.74, 6) is -0.382. The van der Waals surface area contributed by atoms with E-state index in [0.29, 0.717) is 23.8 Å². The minimum absolute atomic E-state index is 0.0131. The molecule has 1 unspecified atom stereocenters. The molecular formula is C17H20O5. The zero-order chi connectivity index (χ0) is 16.3. The van der Waals surface area contributed by atoms with Gasteiger partial charge in [-0.05, 0) is 24.5 Å². The fraction of sp³-hybridized carbons (Fsp3) is 0.412. The maximum atomic E-state index is 11.8. The Labute approximate surface area is 128 Å². The van der Waals surface area contributed by atoms with Gasteiger partial charge in [0.05, 0.1) is 5.92 Å². The Morgan fingerprint density at radius 2 is 2.00 bits per heavy atom. The van der Waals surface area contributed by atoms with Crippen molar-refractivity contribution in [1.29, 1.82) is 0 Å². The summed E-state index contributed by atoms with van der Waals surface area (Å²) in [6.07, 6.45) is 1.34. The molecule has 1 aromatic carbocycles. The highest BCUT2D eigenvalue weighted by Gasteiger charge is 2.15. The number of hydrogen-bond donors (Lipinski definition) is 1. The molecule has 0 aliphatic carbocycles. The summed E-state index contributed by atoms with van der Waals surface area (Å²) in [4.78, 5) is 23.4. The monoisotopic (exact) mass is 304 g/mol. The SMILES string of the molecule is CCc1cc2c(COC(=O)C(C)CC)cc(=O)oc2cc1O. The highest BCUT2D eigenvalue weighted by atomic mass is 16.5. The summed E-state index contributed by atoms with van der Waals surface area (Å²) in [6.45, 7) is 5.64. The molecule has 0 fully saturated rings. The molecule has 118 valence electrons. The number of phenols is 1. The predicted octanol–water partition coefficient (Wildman–Crippen LogP) is 3.15. The van der Waals surface area contributed by atoms with Crippen molar-refractivity contribution in [2.45, 2.75) is 40.2 Å². The number of rotatable bonds is 5. The van der Waals surface area contributed by atoms with E-state index < -0.39 is 5.63 Å². The van der Waals surface area contributed by atoms with Crippen molar-refractivity contribution >= 4 is 16.9 Å². The van der Waals surface area contributed by atoms with E-state index in [0.717, 1.165) is 5.56 Å². The maximum Gasteiger partial charge on any atom is 0.336 e. The highest BCUT2D eigenvalue weighted by Crippen LogP contribution is 2.27. The Morgan fingerprint density at radius 1 is 1.27 bits per heavy atom. The molecule has 0 amide bonds. The summed E-state index contributed by atoms with van der Waals surface area (Å²) in [5.41, 5.74) is 1.08. The van der Waals surface area contributed by atoms with Crippen molar-refractivity contribution in [2.24, 2.45) is 5.92 Å². The number of esters is 1. The van der Waals surface area contributed by atoms with E-state index in [2.05, 4.69) is 0 Å². The number of benzene rings is 1. The smallest absolute Gasteiger partial charge is 0.336 e. The summed E-state index contributed by atoms with van der Waals surface area (Å²) < 4.78 is 10.4. The quantitative estimate of drug-likeness (QED) is 0.678. The second kappa shape index (κ2) is 6.64. The van der Waals surface area contributed by atoms with Crippen LogP contribution in [-0.4, -0.2) is 11.1 Å². The van der Waals surface area contributed by atoms with Crippen LogP contribution in [-0.2, 0) is 22.6 Å². The van der Waals surface area contributed by atoms with Gasteiger partial charge >= 0.3 is 11.6 Å². The number of ether oxygens (including phenoxy) is 1. The molecule has 0 aliphatic heterocycles. The fourth-order valence-electron chi connectivity index (χ4n) is 2.17. The molecule has 2 rings (SSSR count). The van der Waals surface area contributed by atoms with Crippen molar-refractivity contribution in [3.8, 4) is 5.75 Å². The number of phenolic OH excluding ortho intramolecular Hbond substituents is 1. The molecule has 0 aliphatic rings. The van der Waals surface area contributed by atoms with Crippen LogP contribution >= 0.6 is 0 Å². The van der Waals surface area contributed by atoms with Crippen LogP contribution in [0.4, 0.5) is 0 Å². The molecular weight excluding hydrogens is 284 g/mol. The molecule has 1 atom stereocenters. The summed E-state index contributed by atoms with van der Waals surface area (Å²) in [7, 11) is 0. The first-order chi connectivity index (χ1) is 10.5. The Morgan fingerprint density at radius 3 is 2.64 bits per heavy atom. The lowest BCUT2D eigenvalue weighted by Gasteiger charge is -2.11. The Hall–Kier alpha value is -2.30. The van der Waals surface area contributed by atoms with Crippen LogP contribution in [0.3, 0.4) is 0 Å². The number of carbonyl (C=O) groups excluding carboxylic acids is 1. The molecule has 0 saturated heterocycles. The first-order valence-electron chi connectivity index (χ1n) is 7.41. The van der Waals surface area contributed by atoms with Gasteiger partial charge in [-0.3, -0.25) is 4.79 Å². The van der Waals surface area contributed by atoms with Crippen LogP contribution in [0.25, 0.3) is 11.0 Å². The first-order valence-corrected chi connectivity index (χ1v) is 7.41. The largest absolute Gasteiger partial charge is 0.508 e. The average Bonchev–Trinajstić information content (AvgIpc) is 2.50. The van der Waals surface area contributed by atoms with Gasteiger partial charge in [-0.1, -0.05) is 20.8 Å². The molecule has 2 aromatic rings. The average molecular weight is 304 g/mol. The van der Waals surface area contributed by atoms with E-state index in [1.165, 1.54) is 12.1 Å². The Kier molecular flexibility index (Phi) is 4.85. The third kappa shape index (κ3) is 3.30. The highest BCUT2D eigenvalue weighted by molar-refractivity contribution is 5.83. The topological polar surface area (TPSA) is 76.7 Å². The molecule has 0 bridgehead atoms. The van der Waals surface area contributed by atoms with Gasteiger partial charge in [-0.2, -0.15) is 0 Å². The molecule has 5 nitrogen and oxygen atoms in total. The molecule has 22 heavy (non-hydrogen) atoms. The van der Waals surface area contributed by atoms with E-state index in [1.54, 1.807) is 13.0 Å². The number of aromatic hydroxyl groups is 1. The van der Waals surface area contributed by atoms with Gasteiger partial charge in [0.1, 0.15) is 17.9 Å². The van der Waals surface area contributed by atoms with Gasteiger partial charge in [0, 0.05) is 23.1 Å². The first kappa shape index (κ1) is 16.1. The third-order valence-corrected chi connectivity index (χ3v) is 3.79. The standard InChI is InChI=1S/C17H20O5/c1-4-10(3)17(20)21-9-12-7-16(19)22-15-8-14(18)11(5-2)6-13(12)15/h6-8,10,18H,4-5,9H2,1-3H3. The second-order valence-electron chi connectivity index (χ2n) is 5.34. The fourth-order valence-corrected chi connectivity index (χ4v) is 2.17. The van der Waals surface area contributed by atoms with Gasteiger partial charge in [0.25, 0.3) is 0 Å². The maximum absolute atomic E-state index is 11.8. The second-order valence-corrected chi connectivity index (χ2v) is 5.34. The summed E-state index contributed by atoms with van der Waals surface area (Å²) in [5, 5.41) is 10.5. The van der Waals surface area contributed by atoms with Gasteiger partial charge in [-0.25, -0.2) is 4.79 Å². The third-order valence-electron chi connectivity index (χ3n) is 3.79. The lowest BCUT2D eigenvalue weighted by molar-refractivity contribution is -0.149. The summed E-state index contributed by atoms with van der Waals surface area (Å²) in [6, 6.07) is 4.51. The van der Waals surface area contributed by atoms with Gasteiger partial charge in [-0.15, -0.1) is 0 Å². The molecule has 1 heterocycles. The zero-order valence-corrected chi connectivity index (χ0v) is 13.0. The van der Waals surface area contributed by atoms with E-state index in [1.807, 2.05) is 13.8 Å². The number of fused-ring (bicyclic) bond motifs is 1. The molecule has 0 radical (unpaired) electrons. The van der Waals surface area contributed by atoms with Crippen molar-refractivity contribution in [1.82, 2.24) is 0 Å². The van der Waals surface area contributed by atoms with Crippen molar-refractivity contribution in [2.75, 3.05) is 0 Å². The van der Waals surface area contributed by atoms with E-state index in [-0.39, 0.29) is 29.8 Å². The molecule has 5 heteroatoms. The van der Waals surface area contributed by atoms with Crippen molar-refractivity contribution < 1.29 is 19.1 Å². The van der Waals surface area contributed by atoms with Crippen LogP contribution in [0.2, 0.25) is 0 Å². The van der Waals surface area contributed by atoms with Crippen molar-refractivity contribution in [3.63, 3.8) is 0 Å². The van der Waals surface area contributed by atoms with Crippen LogP contribution in [0.15, 0.2) is 27.4 Å². The minimum Gasteiger partial charge on any atom is -0.508 e. The van der Waals surface area contributed by atoms with Crippen LogP contribution in [0.5, 0.6) is 5.75 Å². The van der Waals surface area contributed by atoms with Gasteiger partial charge < -0.3 is 14.3 Å². The van der Waals surface area contributed by atoms with Crippen molar-refractivity contribution in [3.05, 3.63) is 39.7 Å². The molecule has 0 saturated carbocycles.